The molecule has 106 valence electrons. The van der Waals surface area contributed by atoms with E-state index in [4.69, 9.17) is 11.6 Å². The first kappa shape index (κ1) is 15.0. The molecule has 5 nitrogen and oxygen atoms in total. The van der Waals surface area contributed by atoms with Gasteiger partial charge in [-0.1, -0.05) is 18.0 Å². The fourth-order valence-corrected chi connectivity index (χ4v) is 4.04. The van der Waals surface area contributed by atoms with Crippen LogP contribution in [0.4, 0.5) is 0 Å². The number of halogens is 2. The molecule has 0 spiro atoms. The van der Waals surface area contributed by atoms with E-state index in [1.54, 1.807) is 0 Å². The molecule has 1 aromatic heterocycles. The van der Waals surface area contributed by atoms with Crippen LogP contribution in [0.1, 0.15) is 31.7 Å². The predicted molar refractivity (Wildman–Crippen MR) is 77.3 cm³/mol. The molecule has 2 atom stereocenters. The Balaban J connectivity index is 2.33. The smallest absolute Gasteiger partial charge is 0.269 e. The van der Waals surface area contributed by atoms with Gasteiger partial charge in [-0.2, -0.15) is 0 Å². The summed E-state index contributed by atoms with van der Waals surface area (Å²) in [6, 6.07) is -0.137. The summed E-state index contributed by atoms with van der Waals surface area (Å²) in [6.45, 7) is 0. The Morgan fingerprint density at radius 2 is 2.16 bits per heavy atom. The Morgan fingerprint density at radius 1 is 1.47 bits per heavy atom. The van der Waals surface area contributed by atoms with Crippen LogP contribution in [-0.4, -0.2) is 29.5 Å². The van der Waals surface area contributed by atoms with Crippen molar-refractivity contribution in [1.82, 2.24) is 9.55 Å². The van der Waals surface area contributed by atoms with Crippen LogP contribution in [0.2, 0.25) is 5.15 Å². The maximum atomic E-state index is 12.1. The summed E-state index contributed by atoms with van der Waals surface area (Å²) in [5, 5.41) is -0.260. The van der Waals surface area contributed by atoms with Gasteiger partial charge in [0, 0.05) is 12.3 Å². The van der Waals surface area contributed by atoms with Crippen LogP contribution in [0.15, 0.2) is 15.6 Å². The third-order valence-electron chi connectivity index (χ3n) is 3.50. The first-order valence-corrected chi connectivity index (χ1v) is 9.04. The Kier molecular flexibility index (Phi) is 4.37. The van der Waals surface area contributed by atoms with E-state index in [0.717, 1.165) is 12.8 Å². The fraction of sp³-hybridized carbons (Fsp3) is 0.636. The zero-order chi connectivity index (χ0) is 14.2. The van der Waals surface area contributed by atoms with Gasteiger partial charge >= 0.3 is 0 Å². The number of nitrogens with zero attached hydrogens (tertiary/aromatic N) is 2. The topological polar surface area (TPSA) is 69.0 Å². The highest BCUT2D eigenvalue weighted by Gasteiger charge is 2.30. The standard InChI is InChI=1S/C11H14BrClN2O3S/c1-19(17,18)8-4-2-3-7(5-8)15-6-14-10(13)9(12)11(15)16/h6-8H,2-5H2,1H3. The van der Waals surface area contributed by atoms with E-state index in [0.29, 0.717) is 12.8 Å². The number of sulfone groups is 1. The van der Waals surface area contributed by atoms with Crippen LogP contribution in [-0.2, 0) is 9.84 Å². The molecular weight excluding hydrogens is 356 g/mol. The minimum absolute atomic E-state index is 0.122. The average Bonchev–Trinajstić information content (AvgIpc) is 2.35. The lowest BCUT2D eigenvalue weighted by atomic mass is 9.95. The second-order valence-corrected chi connectivity index (χ2v) is 8.31. The predicted octanol–water partition coefficient (Wildman–Crippen LogP) is 2.19. The van der Waals surface area contributed by atoms with Gasteiger partial charge in [0.25, 0.3) is 5.56 Å². The minimum Gasteiger partial charge on any atom is -0.295 e. The number of hydrogen-bond donors (Lipinski definition) is 0. The van der Waals surface area contributed by atoms with Crippen molar-refractivity contribution in [3.05, 3.63) is 26.3 Å². The van der Waals surface area contributed by atoms with Gasteiger partial charge < -0.3 is 0 Å². The van der Waals surface area contributed by atoms with Crippen molar-refractivity contribution in [2.45, 2.75) is 37.0 Å². The average molecular weight is 370 g/mol. The monoisotopic (exact) mass is 368 g/mol. The maximum absolute atomic E-state index is 12.1. The molecule has 1 aromatic rings. The third kappa shape index (κ3) is 3.20. The molecule has 0 aromatic carbocycles. The molecule has 2 unspecified atom stereocenters. The van der Waals surface area contributed by atoms with Crippen molar-refractivity contribution in [2.24, 2.45) is 0 Å². The van der Waals surface area contributed by atoms with E-state index in [-0.39, 0.29) is 26.5 Å². The highest BCUT2D eigenvalue weighted by atomic mass is 79.9. The van der Waals surface area contributed by atoms with Crippen LogP contribution < -0.4 is 5.56 Å². The molecule has 1 aliphatic rings. The van der Waals surface area contributed by atoms with Crippen molar-refractivity contribution in [3.8, 4) is 0 Å². The lowest BCUT2D eigenvalue weighted by molar-refractivity contribution is 0.342. The highest BCUT2D eigenvalue weighted by Crippen LogP contribution is 2.31. The van der Waals surface area contributed by atoms with E-state index in [2.05, 4.69) is 20.9 Å². The molecular formula is C11H14BrClN2O3S. The van der Waals surface area contributed by atoms with E-state index < -0.39 is 9.84 Å². The summed E-state index contributed by atoms with van der Waals surface area (Å²) in [5.41, 5.74) is -0.265. The highest BCUT2D eigenvalue weighted by molar-refractivity contribution is 9.10. The normalized spacial score (nSPS) is 24.4. The molecule has 1 saturated carbocycles. The van der Waals surface area contributed by atoms with E-state index in [9.17, 15) is 13.2 Å². The molecule has 1 aliphatic carbocycles. The van der Waals surface area contributed by atoms with Crippen LogP contribution in [0.5, 0.6) is 0 Å². The minimum atomic E-state index is -3.07. The summed E-state index contributed by atoms with van der Waals surface area (Å²) in [6.07, 6.45) is 5.32. The van der Waals surface area contributed by atoms with Gasteiger partial charge in [0.2, 0.25) is 0 Å². The second-order valence-electron chi connectivity index (χ2n) is 4.83. The molecule has 0 amide bonds. The Bertz CT molecular complexity index is 644. The second kappa shape index (κ2) is 5.54. The van der Waals surface area contributed by atoms with Crippen molar-refractivity contribution < 1.29 is 8.42 Å². The quantitative estimate of drug-likeness (QED) is 0.749. The van der Waals surface area contributed by atoms with Crippen LogP contribution >= 0.6 is 27.5 Å². The van der Waals surface area contributed by atoms with Crippen LogP contribution in [0.3, 0.4) is 0 Å². The van der Waals surface area contributed by atoms with Crippen molar-refractivity contribution in [1.29, 1.82) is 0 Å². The molecule has 1 heterocycles. The summed E-state index contributed by atoms with van der Waals surface area (Å²) in [5.74, 6) is 0. The zero-order valence-corrected chi connectivity index (χ0v) is 13.5. The molecule has 0 N–H and O–H groups in total. The van der Waals surface area contributed by atoms with Gasteiger partial charge in [0.15, 0.2) is 5.15 Å². The van der Waals surface area contributed by atoms with Crippen LogP contribution in [0, 0.1) is 0 Å². The van der Waals surface area contributed by atoms with Crippen molar-refractivity contribution >= 4 is 37.4 Å². The maximum Gasteiger partial charge on any atom is 0.269 e. The van der Waals surface area contributed by atoms with Gasteiger partial charge in [-0.25, -0.2) is 13.4 Å². The van der Waals surface area contributed by atoms with Gasteiger partial charge in [-0.15, -0.1) is 0 Å². The van der Waals surface area contributed by atoms with Crippen molar-refractivity contribution in [2.75, 3.05) is 6.26 Å². The third-order valence-corrected chi connectivity index (χ3v) is 6.36. The van der Waals surface area contributed by atoms with Gasteiger partial charge in [0.1, 0.15) is 14.3 Å². The SMILES string of the molecule is CS(=O)(=O)C1CCCC(n2cnc(Cl)c(Br)c2=O)C1. The first-order chi connectivity index (χ1) is 8.80. The molecule has 0 radical (unpaired) electrons. The molecule has 0 saturated heterocycles. The molecule has 0 bridgehead atoms. The van der Waals surface area contributed by atoms with E-state index in [1.807, 2.05) is 0 Å². The van der Waals surface area contributed by atoms with E-state index >= 15 is 0 Å². The first-order valence-electron chi connectivity index (χ1n) is 5.91. The number of aromatic nitrogens is 2. The molecule has 8 heteroatoms. The Morgan fingerprint density at radius 3 is 2.79 bits per heavy atom. The zero-order valence-electron chi connectivity index (χ0n) is 10.3. The van der Waals surface area contributed by atoms with Gasteiger partial charge in [-0.3, -0.25) is 9.36 Å². The lowest BCUT2D eigenvalue weighted by Crippen LogP contribution is -2.33. The summed E-state index contributed by atoms with van der Waals surface area (Å²) >= 11 is 8.86. The molecule has 2 rings (SSSR count). The molecule has 19 heavy (non-hydrogen) atoms. The summed E-state index contributed by atoms with van der Waals surface area (Å²) in [4.78, 5) is 16.0. The number of hydrogen-bond acceptors (Lipinski definition) is 4. The van der Waals surface area contributed by atoms with Crippen LogP contribution in [0.25, 0.3) is 0 Å². The lowest BCUT2D eigenvalue weighted by Gasteiger charge is -2.29. The molecule has 1 fully saturated rings. The fourth-order valence-electron chi connectivity index (χ4n) is 2.45. The Hall–Kier alpha value is -0.400. The van der Waals surface area contributed by atoms with Crippen molar-refractivity contribution in [3.63, 3.8) is 0 Å². The van der Waals surface area contributed by atoms with E-state index in [1.165, 1.54) is 17.2 Å². The Labute approximate surface area is 125 Å². The molecule has 0 aliphatic heterocycles. The van der Waals surface area contributed by atoms with Gasteiger partial charge in [0.05, 0.1) is 11.6 Å². The summed E-state index contributed by atoms with van der Waals surface area (Å²) < 4.78 is 25.0. The van der Waals surface area contributed by atoms with Gasteiger partial charge in [-0.05, 0) is 35.2 Å². The summed E-state index contributed by atoms with van der Waals surface area (Å²) in [7, 11) is -3.07. The largest absolute Gasteiger partial charge is 0.295 e. The number of rotatable bonds is 2.